The highest BCUT2D eigenvalue weighted by Gasteiger charge is 2.14. The quantitative estimate of drug-likeness (QED) is 0.463. The van der Waals surface area contributed by atoms with E-state index in [2.05, 4.69) is 34.6 Å². The predicted molar refractivity (Wildman–Crippen MR) is 113 cm³/mol. The van der Waals surface area contributed by atoms with Crippen LogP contribution in [0.4, 0.5) is 0 Å². The molecule has 8 heteroatoms. The van der Waals surface area contributed by atoms with Crippen LogP contribution in [-0.2, 0) is 13.1 Å². The van der Waals surface area contributed by atoms with E-state index in [0.29, 0.717) is 42.2 Å². The minimum Gasteiger partial charge on any atom is -0.496 e. The van der Waals surface area contributed by atoms with E-state index in [-0.39, 0.29) is 0 Å². The van der Waals surface area contributed by atoms with Crippen LogP contribution in [0.2, 0.25) is 0 Å². The molecule has 1 aromatic carbocycles. The molecule has 160 valence electrons. The summed E-state index contributed by atoms with van der Waals surface area (Å²) in [5, 5.41) is 10.7. The smallest absolute Gasteiger partial charge is 0.191 e. The van der Waals surface area contributed by atoms with Gasteiger partial charge in [-0.2, -0.15) is 0 Å². The standard InChI is InChI=1S/C21H32N4O4/c1-7-14(8-2)17-10-16(29-25-17)13-24-21(22-3)23-12-15-9-19(27-5)20(28-6)11-18(15)26-4/h9-11,14H,7-8,12-13H2,1-6H3,(H2,22,23,24). The summed E-state index contributed by atoms with van der Waals surface area (Å²) >= 11 is 0. The average Bonchev–Trinajstić information content (AvgIpc) is 3.22. The van der Waals surface area contributed by atoms with E-state index >= 15 is 0 Å². The zero-order chi connectivity index (χ0) is 21.2. The summed E-state index contributed by atoms with van der Waals surface area (Å²) in [6, 6.07) is 5.70. The van der Waals surface area contributed by atoms with Gasteiger partial charge in [-0.1, -0.05) is 19.0 Å². The van der Waals surface area contributed by atoms with Gasteiger partial charge in [0.15, 0.2) is 23.2 Å². The lowest BCUT2D eigenvalue weighted by Crippen LogP contribution is -2.36. The van der Waals surface area contributed by atoms with Gasteiger partial charge < -0.3 is 29.4 Å². The van der Waals surface area contributed by atoms with Crippen LogP contribution in [0.15, 0.2) is 27.7 Å². The molecule has 0 bridgehead atoms. The lowest BCUT2D eigenvalue weighted by molar-refractivity contribution is 0.347. The second-order valence-electron chi connectivity index (χ2n) is 6.53. The van der Waals surface area contributed by atoms with E-state index in [1.54, 1.807) is 34.4 Å². The van der Waals surface area contributed by atoms with Crippen LogP contribution >= 0.6 is 0 Å². The number of ether oxygens (including phenoxy) is 3. The first-order chi connectivity index (χ1) is 14.1. The second-order valence-corrected chi connectivity index (χ2v) is 6.53. The summed E-state index contributed by atoms with van der Waals surface area (Å²) in [7, 11) is 6.55. The van der Waals surface area contributed by atoms with Crippen molar-refractivity contribution in [3.8, 4) is 17.2 Å². The Labute approximate surface area is 172 Å². The summed E-state index contributed by atoms with van der Waals surface area (Å²) in [6.45, 7) is 5.32. The topological polar surface area (TPSA) is 90.1 Å². The van der Waals surface area contributed by atoms with E-state index in [1.807, 2.05) is 12.1 Å². The number of benzene rings is 1. The lowest BCUT2D eigenvalue weighted by Gasteiger charge is -2.16. The van der Waals surface area contributed by atoms with E-state index in [9.17, 15) is 0 Å². The van der Waals surface area contributed by atoms with Crippen molar-refractivity contribution in [1.29, 1.82) is 0 Å². The first-order valence-electron chi connectivity index (χ1n) is 9.78. The largest absolute Gasteiger partial charge is 0.496 e. The molecule has 0 fully saturated rings. The Hall–Kier alpha value is -2.90. The first-order valence-corrected chi connectivity index (χ1v) is 9.78. The SMILES string of the molecule is CCC(CC)c1cc(CNC(=NC)NCc2cc(OC)c(OC)cc2OC)on1. The number of aromatic nitrogens is 1. The Balaban J connectivity index is 1.99. The van der Waals surface area contributed by atoms with Gasteiger partial charge in [-0.3, -0.25) is 4.99 Å². The Morgan fingerprint density at radius 3 is 2.17 bits per heavy atom. The van der Waals surface area contributed by atoms with Crippen LogP contribution in [0.25, 0.3) is 0 Å². The Kier molecular flexibility index (Phi) is 8.64. The number of hydrogen-bond acceptors (Lipinski definition) is 6. The van der Waals surface area contributed by atoms with Crippen LogP contribution < -0.4 is 24.8 Å². The van der Waals surface area contributed by atoms with Crippen LogP contribution in [0.5, 0.6) is 17.2 Å². The average molecular weight is 405 g/mol. The maximum absolute atomic E-state index is 5.47. The number of guanidine groups is 1. The molecule has 0 aliphatic carbocycles. The van der Waals surface area contributed by atoms with E-state index in [4.69, 9.17) is 18.7 Å². The van der Waals surface area contributed by atoms with Gasteiger partial charge in [0, 0.05) is 37.2 Å². The third kappa shape index (κ3) is 5.79. The van der Waals surface area contributed by atoms with E-state index < -0.39 is 0 Å². The van der Waals surface area contributed by atoms with Crippen molar-refractivity contribution >= 4 is 5.96 Å². The van der Waals surface area contributed by atoms with Gasteiger partial charge in [0.05, 0.1) is 33.6 Å². The first kappa shape index (κ1) is 22.4. The molecule has 0 atom stereocenters. The van der Waals surface area contributed by atoms with Crippen molar-refractivity contribution in [2.24, 2.45) is 4.99 Å². The molecule has 0 radical (unpaired) electrons. The van der Waals surface area contributed by atoms with Crippen molar-refractivity contribution in [3.05, 3.63) is 35.2 Å². The molecule has 2 rings (SSSR count). The molecule has 1 aromatic heterocycles. The fourth-order valence-electron chi connectivity index (χ4n) is 3.11. The van der Waals surface area contributed by atoms with Crippen molar-refractivity contribution in [1.82, 2.24) is 15.8 Å². The molecule has 29 heavy (non-hydrogen) atoms. The van der Waals surface area contributed by atoms with Crippen molar-refractivity contribution in [2.75, 3.05) is 28.4 Å². The molecule has 0 amide bonds. The van der Waals surface area contributed by atoms with Crippen molar-refractivity contribution in [3.63, 3.8) is 0 Å². The van der Waals surface area contributed by atoms with Crippen molar-refractivity contribution < 1.29 is 18.7 Å². The van der Waals surface area contributed by atoms with Crippen molar-refractivity contribution in [2.45, 2.75) is 45.7 Å². The fraction of sp³-hybridized carbons (Fsp3) is 0.524. The number of aliphatic imine (C=N–C) groups is 1. The molecule has 0 spiro atoms. The van der Waals surface area contributed by atoms with Gasteiger partial charge in [0.1, 0.15) is 5.75 Å². The molecule has 0 aliphatic heterocycles. The molecular formula is C21H32N4O4. The van der Waals surface area contributed by atoms with Crippen LogP contribution in [0.1, 0.15) is 49.6 Å². The van der Waals surface area contributed by atoms with Gasteiger partial charge in [0.2, 0.25) is 0 Å². The molecular weight excluding hydrogens is 372 g/mol. The highest BCUT2D eigenvalue weighted by Crippen LogP contribution is 2.34. The number of hydrogen-bond donors (Lipinski definition) is 2. The minimum absolute atomic E-state index is 0.433. The Bertz CT molecular complexity index is 800. The van der Waals surface area contributed by atoms with Crippen LogP contribution in [0, 0.1) is 0 Å². The molecule has 0 saturated heterocycles. The molecule has 8 nitrogen and oxygen atoms in total. The summed E-state index contributed by atoms with van der Waals surface area (Å²) in [5.74, 6) is 3.82. The highest BCUT2D eigenvalue weighted by molar-refractivity contribution is 5.79. The maximum atomic E-state index is 5.47. The molecule has 0 aliphatic rings. The highest BCUT2D eigenvalue weighted by atomic mass is 16.5. The molecule has 0 unspecified atom stereocenters. The molecule has 0 saturated carbocycles. The molecule has 2 aromatic rings. The van der Waals surface area contributed by atoms with E-state index in [0.717, 1.165) is 29.9 Å². The van der Waals surface area contributed by atoms with Crippen LogP contribution in [0.3, 0.4) is 0 Å². The maximum Gasteiger partial charge on any atom is 0.191 e. The lowest BCUT2D eigenvalue weighted by atomic mass is 9.99. The number of methoxy groups -OCH3 is 3. The third-order valence-electron chi connectivity index (χ3n) is 4.87. The van der Waals surface area contributed by atoms with Gasteiger partial charge in [0.25, 0.3) is 0 Å². The zero-order valence-corrected chi connectivity index (χ0v) is 18.2. The Morgan fingerprint density at radius 1 is 0.966 bits per heavy atom. The monoisotopic (exact) mass is 404 g/mol. The zero-order valence-electron chi connectivity index (χ0n) is 18.2. The Morgan fingerprint density at radius 2 is 1.59 bits per heavy atom. The summed E-state index contributed by atoms with van der Waals surface area (Å²) in [6.07, 6.45) is 2.10. The summed E-state index contributed by atoms with van der Waals surface area (Å²) in [4.78, 5) is 4.26. The minimum atomic E-state index is 0.433. The summed E-state index contributed by atoms with van der Waals surface area (Å²) in [5.41, 5.74) is 1.92. The van der Waals surface area contributed by atoms with Gasteiger partial charge in [-0.05, 0) is 18.9 Å². The van der Waals surface area contributed by atoms with Crippen LogP contribution in [-0.4, -0.2) is 39.5 Å². The van der Waals surface area contributed by atoms with Gasteiger partial charge in [-0.15, -0.1) is 0 Å². The normalized spacial score (nSPS) is 11.5. The van der Waals surface area contributed by atoms with Gasteiger partial charge in [-0.25, -0.2) is 0 Å². The molecule has 2 N–H and O–H groups in total. The summed E-state index contributed by atoms with van der Waals surface area (Å²) < 4.78 is 21.6. The fourth-order valence-corrected chi connectivity index (χ4v) is 3.11. The third-order valence-corrected chi connectivity index (χ3v) is 4.87. The number of rotatable bonds is 10. The predicted octanol–water partition coefficient (Wildman–Crippen LogP) is 3.47. The molecule has 1 heterocycles. The van der Waals surface area contributed by atoms with Gasteiger partial charge >= 0.3 is 0 Å². The number of nitrogens with zero attached hydrogens (tertiary/aromatic N) is 2. The number of nitrogens with one attached hydrogen (secondary N) is 2. The van der Waals surface area contributed by atoms with E-state index in [1.165, 1.54) is 0 Å². The second kappa shape index (κ2) is 11.2.